The molecule has 0 aromatic heterocycles. The van der Waals surface area contributed by atoms with Crippen LogP contribution in [0.1, 0.15) is 6.42 Å². The molecule has 0 radical (unpaired) electrons. The largest absolute Gasteiger partial charge is 0.392 e. The summed E-state index contributed by atoms with van der Waals surface area (Å²) >= 11 is 0. The maximum Gasteiger partial charge on any atom is 0.0679 e. The zero-order valence-electron chi connectivity index (χ0n) is 5.58. The average Bonchev–Trinajstić information content (AvgIpc) is 2.17. The second kappa shape index (κ2) is 3.15. The summed E-state index contributed by atoms with van der Waals surface area (Å²) in [6.45, 7) is 3.46. The molecule has 0 aromatic rings. The molecule has 3 heteroatoms. The van der Waals surface area contributed by atoms with Gasteiger partial charge in [0.05, 0.1) is 6.10 Å². The summed E-state index contributed by atoms with van der Waals surface area (Å²) in [6, 6.07) is 0. The van der Waals surface area contributed by atoms with Crippen molar-refractivity contribution in [1.82, 2.24) is 4.90 Å². The summed E-state index contributed by atoms with van der Waals surface area (Å²) in [6.07, 6.45) is 0.816. The maximum atomic E-state index is 9.04. The van der Waals surface area contributed by atoms with E-state index in [2.05, 4.69) is 4.90 Å². The summed E-state index contributed by atoms with van der Waals surface area (Å²) in [5, 5.41) is 9.04. The lowest BCUT2D eigenvalue weighted by Crippen LogP contribution is -2.27. The summed E-state index contributed by atoms with van der Waals surface area (Å²) < 4.78 is 0. The Balaban J connectivity index is 2.14. The van der Waals surface area contributed by atoms with Crippen molar-refractivity contribution in [3.8, 4) is 0 Å². The van der Waals surface area contributed by atoms with Crippen molar-refractivity contribution in [2.45, 2.75) is 12.5 Å². The third-order valence-electron chi connectivity index (χ3n) is 1.69. The minimum absolute atomic E-state index is 0.100. The Labute approximate surface area is 55.5 Å². The van der Waals surface area contributed by atoms with E-state index in [4.69, 9.17) is 10.8 Å². The van der Waals surface area contributed by atoms with Gasteiger partial charge in [0.2, 0.25) is 0 Å². The first-order valence-electron chi connectivity index (χ1n) is 3.43. The highest BCUT2D eigenvalue weighted by Gasteiger charge is 2.18. The van der Waals surface area contributed by atoms with E-state index < -0.39 is 0 Å². The van der Waals surface area contributed by atoms with Crippen LogP contribution < -0.4 is 5.73 Å². The van der Waals surface area contributed by atoms with Crippen molar-refractivity contribution in [2.24, 2.45) is 5.73 Å². The smallest absolute Gasteiger partial charge is 0.0679 e. The zero-order valence-corrected chi connectivity index (χ0v) is 5.58. The van der Waals surface area contributed by atoms with E-state index in [-0.39, 0.29) is 6.10 Å². The molecule has 0 saturated carbocycles. The van der Waals surface area contributed by atoms with Gasteiger partial charge in [0.15, 0.2) is 0 Å². The van der Waals surface area contributed by atoms with E-state index >= 15 is 0 Å². The van der Waals surface area contributed by atoms with Gasteiger partial charge < -0.3 is 10.8 Å². The number of rotatable bonds is 2. The standard InChI is InChI=1S/C6H14N2O/c7-2-4-8-3-1-6(9)5-8/h6,9H,1-5,7H2/t6-/m0/s1. The molecule has 0 unspecified atom stereocenters. The summed E-state index contributed by atoms with van der Waals surface area (Å²) in [4.78, 5) is 2.19. The molecular weight excluding hydrogens is 116 g/mol. The topological polar surface area (TPSA) is 49.5 Å². The number of nitrogens with zero attached hydrogens (tertiary/aromatic N) is 1. The highest BCUT2D eigenvalue weighted by molar-refractivity contribution is 4.73. The Hall–Kier alpha value is -0.120. The lowest BCUT2D eigenvalue weighted by molar-refractivity contribution is 0.177. The van der Waals surface area contributed by atoms with Gasteiger partial charge in [0.25, 0.3) is 0 Å². The van der Waals surface area contributed by atoms with Gasteiger partial charge in [0, 0.05) is 26.2 Å². The van der Waals surface area contributed by atoms with Crippen LogP contribution in [-0.4, -0.2) is 42.3 Å². The maximum absolute atomic E-state index is 9.04. The van der Waals surface area contributed by atoms with Crippen LogP contribution in [0.5, 0.6) is 0 Å². The van der Waals surface area contributed by atoms with Gasteiger partial charge in [-0.3, -0.25) is 4.90 Å². The predicted octanol–water partition coefficient (Wildman–Crippen LogP) is -0.988. The van der Waals surface area contributed by atoms with E-state index in [0.29, 0.717) is 6.54 Å². The quantitative estimate of drug-likeness (QED) is 0.504. The minimum Gasteiger partial charge on any atom is -0.392 e. The Kier molecular flexibility index (Phi) is 2.45. The molecule has 1 aliphatic heterocycles. The normalized spacial score (nSPS) is 29.3. The first-order valence-corrected chi connectivity index (χ1v) is 3.43. The monoisotopic (exact) mass is 130 g/mol. The third-order valence-corrected chi connectivity index (χ3v) is 1.69. The fourth-order valence-corrected chi connectivity index (χ4v) is 1.20. The minimum atomic E-state index is -0.100. The van der Waals surface area contributed by atoms with Crippen LogP contribution in [0.2, 0.25) is 0 Å². The van der Waals surface area contributed by atoms with Gasteiger partial charge in [0.1, 0.15) is 0 Å². The number of hydrogen-bond donors (Lipinski definition) is 2. The molecule has 1 fully saturated rings. The van der Waals surface area contributed by atoms with E-state index in [1.54, 1.807) is 0 Å². The molecule has 1 aliphatic rings. The van der Waals surface area contributed by atoms with Gasteiger partial charge in [-0.1, -0.05) is 0 Å². The molecule has 1 saturated heterocycles. The Morgan fingerprint density at radius 2 is 2.44 bits per heavy atom. The van der Waals surface area contributed by atoms with Crippen LogP contribution in [0.15, 0.2) is 0 Å². The van der Waals surface area contributed by atoms with Crippen molar-refractivity contribution >= 4 is 0 Å². The van der Waals surface area contributed by atoms with E-state index in [1.807, 2.05) is 0 Å². The molecule has 3 N–H and O–H groups in total. The predicted molar refractivity (Wildman–Crippen MR) is 36.1 cm³/mol. The molecule has 1 rings (SSSR count). The summed E-state index contributed by atoms with van der Waals surface area (Å²) in [5.41, 5.74) is 5.33. The summed E-state index contributed by atoms with van der Waals surface area (Å²) in [5.74, 6) is 0. The number of aliphatic hydroxyl groups is 1. The zero-order chi connectivity index (χ0) is 6.69. The van der Waals surface area contributed by atoms with Crippen LogP contribution in [0.4, 0.5) is 0 Å². The molecule has 0 aliphatic carbocycles. The first kappa shape index (κ1) is 6.99. The molecule has 3 nitrogen and oxygen atoms in total. The van der Waals surface area contributed by atoms with E-state index in [1.165, 1.54) is 0 Å². The van der Waals surface area contributed by atoms with Gasteiger partial charge >= 0.3 is 0 Å². The van der Waals surface area contributed by atoms with Gasteiger partial charge in [-0.05, 0) is 6.42 Å². The molecule has 0 amide bonds. The van der Waals surface area contributed by atoms with Gasteiger partial charge in [-0.2, -0.15) is 0 Å². The van der Waals surface area contributed by atoms with Crippen molar-refractivity contribution in [1.29, 1.82) is 0 Å². The molecule has 54 valence electrons. The number of likely N-dealkylation sites (tertiary alicyclic amines) is 1. The highest BCUT2D eigenvalue weighted by atomic mass is 16.3. The molecule has 9 heavy (non-hydrogen) atoms. The molecule has 0 spiro atoms. The number of hydrogen-bond acceptors (Lipinski definition) is 3. The Morgan fingerprint density at radius 3 is 2.89 bits per heavy atom. The van der Waals surface area contributed by atoms with Gasteiger partial charge in [-0.25, -0.2) is 0 Å². The summed E-state index contributed by atoms with van der Waals surface area (Å²) in [7, 11) is 0. The van der Waals surface area contributed by atoms with E-state index in [9.17, 15) is 0 Å². The number of nitrogens with two attached hydrogens (primary N) is 1. The van der Waals surface area contributed by atoms with Crippen LogP contribution in [0.3, 0.4) is 0 Å². The van der Waals surface area contributed by atoms with Crippen LogP contribution in [0, 0.1) is 0 Å². The fourth-order valence-electron chi connectivity index (χ4n) is 1.20. The lowest BCUT2D eigenvalue weighted by Gasteiger charge is -2.11. The Morgan fingerprint density at radius 1 is 1.67 bits per heavy atom. The van der Waals surface area contributed by atoms with Crippen molar-refractivity contribution in [3.05, 3.63) is 0 Å². The molecule has 1 atom stereocenters. The van der Waals surface area contributed by atoms with Crippen molar-refractivity contribution in [2.75, 3.05) is 26.2 Å². The molecular formula is C6H14N2O. The fraction of sp³-hybridized carbons (Fsp3) is 1.00. The number of aliphatic hydroxyl groups excluding tert-OH is 1. The van der Waals surface area contributed by atoms with E-state index in [0.717, 1.165) is 26.1 Å². The van der Waals surface area contributed by atoms with Crippen molar-refractivity contribution < 1.29 is 5.11 Å². The third kappa shape index (κ3) is 1.93. The first-order chi connectivity index (χ1) is 4.33. The average molecular weight is 130 g/mol. The molecule has 1 heterocycles. The van der Waals surface area contributed by atoms with Gasteiger partial charge in [-0.15, -0.1) is 0 Å². The number of β-amino-alcohol motifs (C(OH)–C–C–N with tert-alkyl or cyclic N) is 1. The van der Waals surface area contributed by atoms with Crippen LogP contribution in [-0.2, 0) is 0 Å². The molecule has 0 bridgehead atoms. The SMILES string of the molecule is NCCN1CC[C@H](O)C1. The highest BCUT2D eigenvalue weighted by Crippen LogP contribution is 2.06. The van der Waals surface area contributed by atoms with Crippen LogP contribution in [0.25, 0.3) is 0 Å². The van der Waals surface area contributed by atoms with Crippen molar-refractivity contribution in [3.63, 3.8) is 0 Å². The second-order valence-corrected chi connectivity index (χ2v) is 2.53. The van der Waals surface area contributed by atoms with Crippen LogP contribution >= 0.6 is 0 Å². The Bertz CT molecular complexity index is 85.1. The molecule has 0 aromatic carbocycles. The second-order valence-electron chi connectivity index (χ2n) is 2.53. The lowest BCUT2D eigenvalue weighted by atomic mass is 10.3.